The third-order valence-corrected chi connectivity index (χ3v) is 4.53. The zero-order valence-corrected chi connectivity index (χ0v) is 11.6. The molecule has 1 aromatic carbocycles. The van der Waals surface area contributed by atoms with Gasteiger partial charge in [-0.05, 0) is 18.2 Å². The van der Waals surface area contributed by atoms with E-state index in [0.717, 1.165) is 22.8 Å². The summed E-state index contributed by atoms with van der Waals surface area (Å²) < 4.78 is 38.2. The number of hydrogen-bond acceptors (Lipinski definition) is 3. The molecule has 0 aromatic heterocycles. The molecule has 3 rings (SSSR count). The molecule has 21 heavy (non-hydrogen) atoms. The number of carbonyl (C=O) groups is 2. The molecule has 3 amide bonds. The highest BCUT2D eigenvalue weighted by Gasteiger charge is 2.47. The first-order chi connectivity index (χ1) is 9.89. The molecular formula is C13H11F3N2O2S. The summed E-state index contributed by atoms with van der Waals surface area (Å²) in [6.07, 6.45) is -4.51. The van der Waals surface area contributed by atoms with E-state index in [4.69, 9.17) is 0 Å². The van der Waals surface area contributed by atoms with Crippen molar-refractivity contribution in [3.05, 3.63) is 29.8 Å². The lowest BCUT2D eigenvalue weighted by Crippen LogP contribution is -2.41. The molecule has 2 aliphatic heterocycles. The van der Waals surface area contributed by atoms with Crippen LogP contribution in [0, 0.1) is 0 Å². The molecule has 2 heterocycles. The Balaban J connectivity index is 1.97. The Hall–Kier alpha value is -1.70. The molecule has 2 saturated heterocycles. The van der Waals surface area contributed by atoms with Gasteiger partial charge in [-0.3, -0.25) is 4.79 Å². The maximum Gasteiger partial charge on any atom is 0.416 e. The van der Waals surface area contributed by atoms with Gasteiger partial charge in [0.05, 0.1) is 11.3 Å². The standard InChI is InChI=1S/C13H11F3N2O2S/c14-13(15,16)8-2-1-3-9(6-8)18-11(19)10-7-21-5-4-17(10)12(18)20/h1-3,6,10H,4-5,7H2. The number of rotatable bonds is 1. The molecule has 1 unspecified atom stereocenters. The van der Waals surface area contributed by atoms with Crippen LogP contribution in [0.2, 0.25) is 0 Å². The highest BCUT2D eigenvalue weighted by atomic mass is 32.2. The average Bonchev–Trinajstić information content (AvgIpc) is 2.71. The fourth-order valence-electron chi connectivity index (χ4n) is 2.47. The number of amides is 3. The number of nitrogens with zero attached hydrogens (tertiary/aromatic N) is 2. The van der Waals surface area contributed by atoms with Gasteiger partial charge in [0.25, 0.3) is 5.91 Å². The molecule has 2 fully saturated rings. The van der Waals surface area contributed by atoms with E-state index < -0.39 is 29.7 Å². The van der Waals surface area contributed by atoms with Crippen LogP contribution in [0.15, 0.2) is 24.3 Å². The summed E-state index contributed by atoms with van der Waals surface area (Å²) in [5.74, 6) is 0.762. The summed E-state index contributed by atoms with van der Waals surface area (Å²) in [6.45, 7) is 0.440. The molecule has 1 atom stereocenters. The Morgan fingerprint density at radius 3 is 2.67 bits per heavy atom. The predicted octanol–water partition coefficient (Wildman–Crippen LogP) is 2.59. The molecule has 0 saturated carbocycles. The fraction of sp³-hybridized carbons (Fsp3) is 0.385. The van der Waals surface area contributed by atoms with Gasteiger partial charge in [-0.15, -0.1) is 0 Å². The van der Waals surface area contributed by atoms with Crippen LogP contribution in [0.3, 0.4) is 0 Å². The number of anilines is 1. The summed E-state index contributed by atoms with van der Waals surface area (Å²) in [5, 5.41) is 0. The molecule has 0 bridgehead atoms. The number of hydrogen-bond donors (Lipinski definition) is 0. The van der Waals surface area contributed by atoms with Gasteiger partial charge in [-0.25, -0.2) is 9.69 Å². The van der Waals surface area contributed by atoms with Crippen molar-refractivity contribution in [2.75, 3.05) is 23.0 Å². The Bertz CT molecular complexity index is 581. The molecule has 112 valence electrons. The lowest BCUT2D eigenvalue weighted by Gasteiger charge is -2.25. The van der Waals surface area contributed by atoms with Gasteiger partial charge in [0, 0.05) is 18.1 Å². The minimum Gasteiger partial charge on any atom is -0.310 e. The van der Waals surface area contributed by atoms with E-state index in [-0.39, 0.29) is 5.69 Å². The fourth-order valence-corrected chi connectivity index (χ4v) is 3.51. The number of halogens is 3. The van der Waals surface area contributed by atoms with Gasteiger partial charge < -0.3 is 4.90 Å². The third-order valence-electron chi connectivity index (χ3n) is 3.50. The number of alkyl halides is 3. The van der Waals surface area contributed by atoms with E-state index in [1.54, 1.807) is 11.8 Å². The van der Waals surface area contributed by atoms with E-state index in [1.807, 2.05) is 0 Å². The SMILES string of the molecule is O=C1C2CSCCN2C(=O)N1c1cccc(C(F)(F)F)c1. The molecule has 4 nitrogen and oxygen atoms in total. The van der Waals surface area contributed by atoms with Gasteiger partial charge in [-0.1, -0.05) is 6.07 Å². The van der Waals surface area contributed by atoms with Crippen LogP contribution in [-0.2, 0) is 11.0 Å². The van der Waals surface area contributed by atoms with Gasteiger partial charge >= 0.3 is 12.2 Å². The molecule has 2 aliphatic rings. The third kappa shape index (κ3) is 2.37. The summed E-state index contributed by atoms with van der Waals surface area (Å²) in [6, 6.07) is 3.19. The first-order valence-corrected chi connectivity index (χ1v) is 7.44. The van der Waals surface area contributed by atoms with Gasteiger partial charge in [0.15, 0.2) is 0 Å². The van der Waals surface area contributed by atoms with Crippen LogP contribution in [-0.4, -0.2) is 40.9 Å². The predicted molar refractivity (Wildman–Crippen MR) is 72.1 cm³/mol. The van der Waals surface area contributed by atoms with E-state index in [0.29, 0.717) is 12.3 Å². The number of imide groups is 1. The minimum atomic E-state index is -4.51. The quantitative estimate of drug-likeness (QED) is 0.748. The number of thioether (sulfide) groups is 1. The summed E-state index contributed by atoms with van der Waals surface area (Å²) >= 11 is 1.56. The first kappa shape index (κ1) is 14.2. The molecule has 0 N–H and O–H groups in total. The Morgan fingerprint density at radius 2 is 2.00 bits per heavy atom. The number of benzene rings is 1. The van der Waals surface area contributed by atoms with Crippen molar-refractivity contribution < 1.29 is 22.8 Å². The highest BCUT2D eigenvalue weighted by Crippen LogP contribution is 2.34. The zero-order chi connectivity index (χ0) is 15.2. The van der Waals surface area contributed by atoms with Crippen molar-refractivity contribution in [1.29, 1.82) is 0 Å². The second-order valence-electron chi connectivity index (χ2n) is 4.79. The van der Waals surface area contributed by atoms with E-state index in [1.165, 1.54) is 17.0 Å². The normalized spacial score (nSPS) is 22.7. The van der Waals surface area contributed by atoms with E-state index in [9.17, 15) is 22.8 Å². The van der Waals surface area contributed by atoms with Crippen LogP contribution in [0.5, 0.6) is 0 Å². The largest absolute Gasteiger partial charge is 0.416 e. The van der Waals surface area contributed by atoms with Crippen LogP contribution in [0.4, 0.5) is 23.7 Å². The van der Waals surface area contributed by atoms with E-state index in [2.05, 4.69) is 0 Å². The molecule has 0 radical (unpaired) electrons. The lowest BCUT2D eigenvalue weighted by molar-refractivity contribution is -0.137. The Morgan fingerprint density at radius 1 is 1.24 bits per heavy atom. The molecule has 8 heteroatoms. The summed E-state index contributed by atoms with van der Waals surface area (Å²) in [4.78, 5) is 26.8. The van der Waals surface area contributed by atoms with Crippen LogP contribution >= 0.6 is 11.8 Å². The van der Waals surface area contributed by atoms with Crippen molar-refractivity contribution >= 4 is 29.4 Å². The molecule has 1 aromatic rings. The lowest BCUT2D eigenvalue weighted by atomic mass is 10.2. The minimum absolute atomic E-state index is 0.0285. The van der Waals surface area contributed by atoms with Crippen molar-refractivity contribution in [3.63, 3.8) is 0 Å². The first-order valence-electron chi connectivity index (χ1n) is 6.29. The van der Waals surface area contributed by atoms with Crippen molar-refractivity contribution in [1.82, 2.24) is 4.90 Å². The van der Waals surface area contributed by atoms with Crippen molar-refractivity contribution in [2.24, 2.45) is 0 Å². The smallest absolute Gasteiger partial charge is 0.310 e. The number of urea groups is 1. The van der Waals surface area contributed by atoms with Gasteiger partial charge in [-0.2, -0.15) is 24.9 Å². The average molecular weight is 316 g/mol. The molecular weight excluding hydrogens is 305 g/mol. The van der Waals surface area contributed by atoms with Gasteiger partial charge in [0.1, 0.15) is 6.04 Å². The number of carbonyl (C=O) groups excluding carboxylic acids is 2. The van der Waals surface area contributed by atoms with E-state index >= 15 is 0 Å². The van der Waals surface area contributed by atoms with Crippen LogP contribution in [0.25, 0.3) is 0 Å². The van der Waals surface area contributed by atoms with Crippen LogP contribution in [0.1, 0.15) is 5.56 Å². The van der Waals surface area contributed by atoms with Gasteiger partial charge in [0.2, 0.25) is 0 Å². The topological polar surface area (TPSA) is 40.6 Å². The maximum absolute atomic E-state index is 12.7. The van der Waals surface area contributed by atoms with Crippen molar-refractivity contribution in [2.45, 2.75) is 12.2 Å². The summed E-state index contributed by atoms with van der Waals surface area (Å²) in [7, 11) is 0. The molecule has 0 spiro atoms. The number of fused-ring (bicyclic) bond motifs is 1. The zero-order valence-electron chi connectivity index (χ0n) is 10.8. The Labute approximate surface area is 122 Å². The van der Waals surface area contributed by atoms with Crippen molar-refractivity contribution in [3.8, 4) is 0 Å². The summed E-state index contributed by atoms with van der Waals surface area (Å²) in [5.41, 5.74) is -0.904. The second kappa shape index (κ2) is 4.94. The highest BCUT2D eigenvalue weighted by molar-refractivity contribution is 7.99. The Kier molecular flexibility index (Phi) is 3.35. The monoisotopic (exact) mass is 316 g/mol. The second-order valence-corrected chi connectivity index (χ2v) is 5.94. The van der Waals surface area contributed by atoms with Crippen LogP contribution < -0.4 is 4.90 Å². The maximum atomic E-state index is 12.7. The molecule has 0 aliphatic carbocycles.